The second-order valence-corrected chi connectivity index (χ2v) is 15.4. The monoisotopic (exact) mass is 946 g/mol. The third kappa shape index (κ3) is 12.7. The van der Waals surface area contributed by atoms with Crippen LogP contribution in [0.2, 0.25) is 0 Å². The number of ether oxygens (including phenoxy) is 2. The Kier molecular flexibility index (Phi) is 16.8. The van der Waals surface area contributed by atoms with Crippen molar-refractivity contribution in [1.29, 1.82) is 0 Å². The molecule has 0 aliphatic rings. The van der Waals surface area contributed by atoms with Gasteiger partial charge in [-0.05, 0) is 59.5 Å². The number of hydrogen-bond donors (Lipinski definition) is 3. The number of fused-ring (bicyclic) bond motifs is 2. The van der Waals surface area contributed by atoms with Crippen molar-refractivity contribution in [2.75, 3.05) is 98.2 Å². The molecule has 360 valence electrons. The van der Waals surface area contributed by atoms with Crippen LogP contribution in [0.15, 0.2) is 97.3 Å². The normalized spacial score (nSPS) is 10.9. The van der Waals surface area contributed by atoms with Crippen LogP contribution in [0.5, 0.6) is 11.5 Å². The summed E-state index contributed by atoms with van der Waals surface area (Å²) >= 11 is 0. The lowest BCUT2D eigenvalue weighted by molar-refractivity contribution is -0.387. The standard InChI is InChI=1S/C22H25N9O3.C17H12FN7O3.C5H14N2/c1-28(2)11-12-29(3)18-14-20(34-4)16(13-19(18)31(32)33)24-22-23-10-9-21(25-22)30-17-8-6-5-7-15(17)26-27-30;1-28-15-8-10(18)14(25(26)27)9-12(15)20-17-19-7-6-16(21-17)24-13-5-3-2-4-11(13)22-23-24;1-6-4-5-7(2)3/h5-10,13-14H,11-12H2,1-4H3,(H,23,24,25);2-9H,1H3,(H,19,20,21);6H,4-5H2,1-3H3. The molecule has 0 spiro atoms. The maximum absolute atomic E-state index is 13.8. The number of rotatable bonds is 17. The van der Waals surface area contributed by atoms with Gasteiger partial charge in [-0.2, -0.15) is 23.7 Å². The van der Waals surface area contributed by atoms with Crippen LogP contribution in [0.1, 0.15) is 0 Å². The van der Waals surface area contributed by atoms with E-state index in [2.05, 4.69) is 75.5 Å². The van der Waals surface area contributed by atoms with Crippen LogP contribution in [0.25, 0.3) is 33.7 Å². The molecular weight excluding hydrogens is 896 g/mol. The van der Waals surface area contributed by atoms with Gasteiger partial charge in [-0.3, -0.25) is 20.2 Å². The zero-order chi connectivity index (χ0) is 49.6. The molecule has 69 heavy (non-hydrogen) atoms. The molecule has 0 aliphatic heterocycles. The van der Waals surface area contributed by atoms with E-state index in [1.54, 1.807) is 29.1 Å². The van der Waals surface area contributed by atoms with Gasteiger partial charge in [0.05, 0.1) is 46.5 Å². The number of anilines is 5. The molecule has 0 saturated heterocycles. The first kappa shape index (κ1) is 49.9. The Hall–Kier alpha value is -8.55. The number of methoxy groups -OCH3 is 2. The van der Waals surface area contributed by atoms with E-state index >= 15 is 0 Å². The van der Waals surface area contributed by atoms with Crippen molar-refractivity contribution in [2.45, 2.75) is 0 Å². The number of halogens is 1. The number of aromatic nitrogens is 10. The summed E-state index contributed by atoms with van der Waals surface area (Å²) in [5.74, 6) is 0.785. The molecule has 4 aromatic carbocycles. The Morgan fingerprint density at radius 1 is 0.652 bits per heavy atom. The summed E-state index contributed by atoms with van der Waals surface area (Å²) in [7, 11) is 14.6. The van der Waals surface area contributed by atoms with E-state index in [-0.39, 0.29) is 29.0 Å². The van der Waals surface area contributed by atoms with E-state index in [1.807, 2.05) is 86.5 Å². The fourth-order valence-electron chi connectivity index (χ4n) is 6.40. The van der Waals surface area contributed by atoms with Gasteiger partial charge in [-0.1, -0.05) is 34.7 Å². The van der Waals surface area contributed by atoms with Crippen molar-refractivity contribution in [3.63, 3.8) is 0 Å². The van der Waals surface area contributed by atoms with Crippen molar-refractivity contribution >= 4 is 62.4 Å². The van der Waals surface area contributed by atoms with E-state index in [0.717, 1.165) is 48.3 Å². The number of hydrogen-bond acceptors (Lipinski definition) is 20. The predicted molar refractivity (Wildman–Crippen MR) is 259 cm³/mol. The summed E-state index contributed by atoms with van der Waals surface area (Å²) in [6.45, 7) is 3.55. The van der Waals surface area contributed by atoms with Crippen LogP contribution in [0.3, 0.4) is 0 Å². The molecule has 4 heterocycles. The highest BCUT2D eigenvalue weighted by molar-refractivity contribution is 5.78. The second-order valence-electron chi connectivity index (χ2n) is 15.4. The van der Waals surface area contributed by atoms with Gasteiger partial charge in [0.25, 0.3) is 5.69 Å². The average molecular weight is 947 g/mol. The van der Waals surface area contributed by atoms with Crippen LogP contribution in [-0.2, 0) is 0 Å². The number of para-hydroxylation sites is 2. The molecular formula is C44H51FN18O6. The highest BCUT2D eigenvalue weighted by Crippen LogP contribution is 2.39. The molecule has 0 saturated carbocycles. The Labute approximate surface area is 395 Å². The number of nitro groups is 2. The minimum absolute atomic E-state index is 0.0528. The molecule has 0 atom stereocenters. The van der Waals surface area contributed by atoms with Gasteiger partial charge in [0.1, 0.15) is 28.2 Å². The molecule has 8 rings (SSSR count). The number of benzene rings is 4. The van der Waals surface area contributed by atoms with Crippen LogP contribution in [-0.4, -0.2) is 152 Å². The maximum atomic E-state index is 13.8. The highest BCUT2D eigenvalue weighted by Gasteiger charge is 2.23. The molecule has 0 bridgehead atoms. The fourth-order valence-corrected chi connectivity index (χ4v) is 6.40. The number of nitrogens with zero attached hydrogens (tertiary/aromatic N) is 15. The van der Waals surface area contributed by atoms with Crippen molar-refractivity contribution in [1.82, 2.24) is 65.0 Å². The zero-order valence-electron chi connectivity index (χ0n) is 39.1. The largest absolute Gasteiger partial charge is 0.494 e. The Bertz CT molecular complexity index is 3020. The van der Waals surface area contributed by atoms with Crippen LogP contribution in [0.4, 0.5) is 44.7 Å². The average Bonchev–Trinajstić information content (AvgIpc) is 3.98. The van der Waals surface area contributed by atoms with Gasteiger partial charge in [-0.15, -0.1) is 10.2 Å². The maximum Gasteiger partial charge on any atom is 0.307 e. The first-order valence-electron chi connectivity index (χ1n) is 21.1. The first-order valence-corrected chi connectivity index (χ1v) is 21.1. The summed E-state index contributed by atoms with van der Waals surface area (Å²) < 4.78 is 27.6. The van der Waals surface area contributed by atoms with E-state index in [0.29, 0.717) is 40.8 Å². The van der Waals surface area contributed by atoms with Gasteiger partial charge < -0.3 is 40.1 Å². The molecule has 0 radical (unpaired) electrons. The summed E-state index contributed by atoms with van der Waals surface area (Å²) in [6.07, 6.45) is 3.07. The molecule has 0 fully saturated rings. The first-order chi connectivity index (χ1) is 33.2. The number of likely N-dealkylation sites (N-methyl/N-ethyl adjacent to an activating group) is 4. The van der Waals surface area contributed by atoms with Gasteiger partial charge in [0.15, 0.2) is 11.6 Å². The predicted octanol–water partition coefficient (Wildman–Crippen LogP) is 5.65. The molecule has 3 N–H and O–H groups in total. The van der Waals surface area contributed by atoms with Crippen molar-refractivity contribution in [2.24, 2.45) is 0 Å². The Morgan fingerprint density at radius 3 is 1.58 bits per heavy atom. The SMILES string of the molecule is CNCCN(C)C.COc1cc(F)c([N+](=O)[O-])cc1Nc1nccc(-n2nnc3ccccc32)n1.COc1cc(N(C)CCN(C)C)c([N+](=O)[O-])cc1Nc1nccc(-n2nnc3ccccc32)n1. The molecule has 4 aromatic heterocycles. The van der Waals surface area contributed by atoms with Crippen molar-refractivity contribution < 1.29 is 23.7 Å². The van der Waals surface area contributed by atoms with E-state index < -0.39 is 21.4 Å². The van der Waals surface area contributed by atoms with Crippen LogP contribution < -0.4 is 30.3 Å². The van der Waals surface area contributed by atoms with Crippen molar-refractivity contribution in [3.8, 4) is 23.1 Å². The van der Waals surface area contributed by atoms with Crippen molar-refractivity contribution in [3.05, 3.63) is 123 Å². The fraction of sp³-hybridized carbons (Fsp3) is 0.273. The van der Waals surface area contributed by atoms with Crippen LogP contribution in [0, 0.1) is 26.0 Å². The Morgan fingerprint density at radius 2 is 1.13 bits per heavy atom. The number of nitro benzene ring substituents is 2. The van der Waals surface area contributed by atoms with Gasteiger partial charge in [-0.25, -0.2) is 9.97 Å². The van der Waals surface area contributed by atoms with Gasteiger partial charge in [0, 0.05) is 82.0 Å². The smallest absolute Gasteiger partial charge is 0.307 e. The third-order valence-electron chi connectivity index (χ3n) is 9.97. The topological polar surface area (TPSA) is 264 Å². The lowest BCUT2D eigenvalue weighted by Gasteiger charge is -2.22. The molecule has 0 amide bonds. The van der Waals surface area contributed by atoms with Crippen LogP contribution >= 0.6 is 0 Å². The lowest BCUT2D eigenvalue weighted by atomic mass is 10.2. The molecule has 0 aliphatic carbocycles. The minimum atomic E-state index is -1.00. The minimum Gasteiger partial charge on any atom is -0.494 e. The second kappa shape index (κ2) is 23.3. The molecule has 0 unspecified atom stereocenters. The lowest BCUT2D eigenvalue weighted by Crippen LogP contribution is -2.28. The van der Waals surface area contributed by atoms with Gasteiger partial charge >= 0.3 is 5.69 Å². The summed E-state index contributed by atoms with van der Waals surface area (Å²) in [5.41, 5.74) is 3.22. The highest BCUT2D eigenvalue weighted by atomic mass is 19.1. The number of nitrogens with one attached hydrogen (secondary N) is 3. The summed E-state index contributed by atoms with van der Waals surface area (Å²) in [5, 5.41) is 48.3. The quantitative estimate of drug-likeness (QED) is 0.0736. The summed E-state index contributed by atoms with van der Waals surface area (Å²) in [4.78, 5) is 44.8. The third-order valence-corrected chi connectivity index (χ3v) is 9.97. The Balaban J connectivity index is 0.000000202. The molecule has 25 heteroatoms. The molecule has 24 nitrogen and oxygen atoms in total. The summed E-state index contributed by atoms with van der Waals surface area (Å²) in [6, 6.07) is 23.3. The van der Waals surface area contributed by atoms with E-state index in [9.17, 15) is 24.6 Å². The van der Waals surface area contributed by atoms with E-state index in [1.165, 1.54) is 31.2 Å². The molecule has 8 aromatic rings. The zero-order valence-corrected chi connectivity index (χ0v) is 39.1. The van der Waals surface area contributed by atoms with E-state index in [4.69, 9.17) is 9.47 Å². The van der Waals surface area contributed by atoms with Gasteiger partial charge in [0.2, 0.25) is 17.7 Å².